The standard InChI is InChI=1S/C24H25NO5/c1-16-14-22(17(2)25(16)12-13-29-3)23(27)15-30-24(28)20-6-4-18(5-7-20)19-8-10-21(26)11-9-19/h4-11,14,26H,12-13,15H2,1-3H3. The minimum absolute atomic E-state index is 0.197. The predicted molar refractivity (Wildman–Crippen MR) is 114 cm³/mol. The molecule has 0 spiro atoms. The van der Waals surface area contributed by atoms with Crippen molar-refractivity contribution in [1.82, 2.24) is 4.57 Å². The predicted octanol–water partition coefficient (Wildman–Crippen LogP) is 4.16. The van der Waals surface area contributed by atoms with E-state index in [0.717, 1.165) is 22.5 Å². The number of hydrogen-bond acceptors (Lipinski definition) is 5. The van der Waals surface area contributed by atoms with Gasteiger partial charge in [-0.1, -0.05) is 24.3 Å². The number of esters is 1. The second-order valence-corrected chi connectivity index (χ2v) is 7.05. The van der Waals surface area contributed by atoms with Gasteiger partial charge in [0.1, 0.15) is 5.75 Å². The number of Topliss-reactive ketones (excluding diaryl/α,β-unsaturated/α-hetero) is 1. The van der Waals surface area contributed by atoms with Crippen LogP contribution in [0, 0.1) is 13.8 Å². The lowest BCUT2D eigenvalue weighted by Crippen LogP contribution is -2.15. The highest BCUT2D eigenvalue weighted by Gasteiger charge is 2.18. The van der Waals surface area contributed by atoms with Crippen molar-refractivity contribution < 1.29 is 24.2 Å². The molecule has 6 nitrogen and oxygen atoms in total. The molecule has 30 heavy (non-hydrogen) atoms. The Morgan fingerprint density at radius 2 is 1.57 bits per heavy atom. The van der Waals surface area contributed by atoms with Crippen LogP contribution < -0.4 is 0 Å². The first kappa shape index (κ1) is 21.3. The molecule has 0 atom stereocenters. The summed E-state index contributed by atoms with van der Waals surface area (Å²) in [4.78, 5) is 24.9. The minimum atomic E-state index is -0.547. The van der Waals surface area contributed by atoms with Gasteiger partial charge in [0.05, 0.1) is 12.2 Å². The SMILES string of the molecule is COCCn1c(C)cc(C(=O)COC(=O)c2ccc(-c3ccc(O)cc3)cc2)c1C. The molecule has 0 amide bonds. The van der Waals surface area contributed by atoms with Gasteiger partial charge >= 0.3 is 5.97 Å². The maximum Gasteiger partial charge on any atom is 0.338 e. The van der Waals surface area contributed by atoms with Crippen LogP contribution in [-0.4, -0.2) is 41.7 Å². The molecule has 1 heterocycles. The number of ketones is 1. The van der Waals surface area contributed by atoms with E-state index in [2.05, 4.69) is 0 Å². The summed E-state index contributed by atoms with van der Waals surface area (Å²) in [7, 11) is 1.64. The zero-order valence-corrected chi connectivity index (χ0v) is 17.3. The number of ether oxygens (including phenoxy) is 2. The molecule has 156 valence electrons. The maximum atomic E-state index is 12.6. The Kier molecular flexibility index (Phi) is 6.69. The van der Waals surface area contributed by atoms with Crippen LogP contribution in [-0.2, 0) is 16.0 Å². The number of aromatic nitrogens is 1. The number of phenols is 1. The Balaban J connectivity index is 1.63. The number of benzene rings is 2. The van der Waals surface area contributed by atoms with Crippen molar-refractivity contribution in [2.75, 3.05) is 20.3 Å². The number of rotatable bonds is 8. The molecule has 0 fully saturated rings. The smallest absolute Gasteiger partial charge is 0.338 e. The van der Waals surface area contributed by atoms with Gasteiger partial charge in [0.15, 0.2) is 6.61 Å². The lowest BCUT2D eigenvalue weighted by molar-refractivity contribution is 0.0474. The van der Waals surface area contributed by atoms with Crippen LogP contribution in [0.5, 0.6) is 5.75 Å². The third-order valence-electron chi connectivity index (χ3n) is 5.05. The lowest BCUT2D eigenvalue weighted by Gasteiger charge is -2.09. The molecule has 0 saturated carbocycles. The third kappa shape index (κ3) is 4.78. The van der Waals surface area contributed by atoms with Gasteiger partial charge in [-0.15, -0.1) is 0 Å². The average Bonchev–Trinajstić information content (AvgIpc) is 3.04. The van der Waals surface area contributed by atoms with Gasteiger partial charge in [0.25, 0.3) is 0 Å². The van der Waals surface area contributed by atoms with E-state index in [1.54, 1.807) is 55.6 Å². The molecule has 3 rings (SSSR count). The summed E-state index contributed by atoms with van der Waals surface area (Å²) in [5.41, 5.74) is 4.56. The molecule has 2 aromatic carbocycles. The van der Waals surface area contributed by atoms with Crippen molar-refractivity contribution in [2.24, 2.45) is 0 Å². The summed E-state index contributed by atoms with van der Waals surface area (Å²) in [5.74, 6) is -0.585. The Bertz CT molecular complexity index is 1030. The summed E-state index contributed by atoms with van der Waals surface area (Å²) in [6.45, 7) is 4.71. The first-order chi connectivity index (χ1) is 14.4. The van der Waals surface area contributed by atoms with E-state index >= 15 is 0 Å². The summed E-state index contributed by atoms with van der Waals surface area (Å²) < 4.78 is 12.4. The Morgan fingerprint density at radius 1 is 0.967 bits per heavy atom. The van der Waals surface area contributed by atoms with E-state index in [0.29, 0.717) is 24.3 Å². The van der Waals surface area contributed by atoms with Crippen LogP contribution in [0.15, 0.2) is 54.6 Å². The van der Waals surface area contributed by atoms with Crippen LogP contribution in [0.2, 0.25) is 0 Å². The normalized spacial score (nSPS) is 10.8. The van der Waals surface area contributed by atoms with Gasteiger partial charge in [0.2, 0.25) is 5.78 Å². The zero-order chi connectivity index (χ0) is 21.7. The molecule has 0 saturated heterocycles. The Hall–Kier alpha value is -3.38. The molecule has 3 aromatic rings. The molecular weight excluding hydrogens is 382 g/mol. The number of carbonyl (C=O) groups excluding carboxylic acids is 2. The van der Waals surface area contributed by atoms with E-state index in [9.17, 15) is 14.7 Å². The van der Waals surface area contributed by atoms with Gasteiger partial charge in [-0.3, -0.25) is 4.79 Å². The number of aryl methyl sites for hydroxylation is 1. The van der Waals surface area contributed by atoms with Crippen molar-refractivity contribution >= 4 is 11.8 Å². The Morgan fingerprint density at radius 3 is 2.17 bits per heavy atom. The van der Waals surface area contributed by atoms with Crippen molar-refractivity contribution in [3.63, 3.8) is 0 Å². The zero-order valence-electron chi connectivity index (χ0n) is 17.3. The van der Waals surface area contributed by atoms with Crippen molar-refractivity contribution in [3.05, 3.63) is 77.1 Å². The van der Waals surface area contributed by atoms with Crippen LogP contribution in [0.4, 0.5) is 0 Å². The fourth-order valence-electron chi connectivity index (χ4n) is 3.35. The monoisotopic (exact) mass is 407 g/mol. The molecular formula is C24H25NO5. The molecule has 0 bridgehead atoms. The molecule has 1 N–H and O–H groups in total. The van der Waals surface area contributed by atoms with Gasteiger partial charge in [-0.2, -0.15) is 0 Å². The fraction of sp³-hybridized carbons (Fsp3) is 0.250. The highest BCUT2D eigenvalue weighted by atomic mass is 16.5. The molecule has 6 heteroatoms. The van der Waals surface area contributed by atoms with Gasteiger partial charge in [0, 0.05) is 30.6 Å². The van der Waals surface area contributed by atoms with Crippen molar-refractivity contribution in [1.29, 1.82) is 0 Å². The van der Waals surface area contributed by atoms with E-state index in [1.807, 2.05) is 24.5 Å². The molecule has 0 unspecified atom stereocenters. The molecule has 0 radical (unpaired) electrons. The summed E-state index contributed by atoms with van der Waals surface area (Å²) in [5, 5.41) is 9.38. The van der Waals surface area contributed by atoms with E-state index in [1.165, 1.54) is 0 Å². The van der Waals surface area contributed by atoms with Crippen molar-refractivity contribution in [3.8, 4) is 16.9 Å². The van der Waals surface area contributed by atoms with Crippen molar-refractivity contribution in [2.45, 2.75) is 20.4 Å². The number of aromatic hydroxyl groups is 1. The number of nitrogens with zero attached hydrogens (tertiary/aromatic N) is 1. The topological polar surface area (TPSA) is 77.8 Å². The largest absolute Gasteiger partial charge is 0.508 e. The first-order valence-electron chi connectivity index (χ1n) is 9.66. The fourth-order valence-corrected chi connectivity index (χ4v) is 3.35. The lowest BCUT2D eigenvalue weighted by atomic mass is 10.0. The number of methoxy groups -OCH3 is 1. The minimum Gasteiger partial charge on any atom is -0.508 e. The average molecular weight is 407 g/mol. The van der Waals surface area contributed by atoms with E-state index in [-0.39, 0.29) is 18.1 Å². The number of phenolic OH excluding ortho intramolecular Hbond substituents is 1. The second-order valence-electron chi connectivity index (χ2n) is 7.05. The second kappa shape index (κ2) is 9.41. The van der Waals surface area contributed by atoms with Crippen LogP contribution >= 0.6 is 0 Å². The number of hydrogen-bond donors (Lipinski definition) is 1. The third-order valence-corrected chi connectivity index (χ3v) is 5.05. The van der Waals surface area contributed by atoms with Crippen LogP contribution in [0.3, 0.4) is 0 Å². The van der Waals surface area contributed by atoms with Gasteiger partial charge in [-0.25, -0.2) is 4.79 Å². The molecule has 0 aliphatic heterocycles. The van der Waals surface area contributed by atoms with E-state index in [4.69, 9.17) is 9.47 Å². The van der Waals surface area contributed by atoms with Gasteiger partial charge in [-0.05, 0) is 55.3 Å². The highest BCUT2D eigenvalue weighted by Crippen LogP contribution is 2.22. The summed E-state index contributed by atoms with van der Waals surface area (Å²) in [6, 6.07) is 15.5. The highest BCUT2D eigenvalue weighted by molar-refractivity contribution is 6.00. The van der Waals surface area contributed by atoms with Gasteiger partial charge < -0.3 is 19.1 Å². The molecule has 0 aliphatic carbocycles. The summed E-state index contributed by atoms with van der Waals surface area (Å²) >= 11 is 0. The molecule has 1 aromatic heterocycles. The Labute approximate surface area is 175 Å². The quantitative estimate of drug-likeness (QED) is 0.448. The van der Waals surface area contributed by atoms with E-state index < -0.39 is 5.97 Å². The van der Waals surface area contributed by atoms with Crippen LogP contribution in [0.1, 0.15) is 32.1 Å². The number of carbonyl (C=O) groups is 2. The first-order valence-corrected chi connectivity index (χ1v) is 9.66. The van der Waals surface area contributed by atoms with Crippen LogP contribution in [0.25, 0.3) is 11.1 Å². The summed E-state index contributed by atoms with van der Waals surface area (Å²) in [6.07, 6.45) is 0. The maximum absolute atomic E-state index is 12.6. The molecule has 0 aliphatic rings.